The van der Waals surface area contributed by atoms with Crippen LogP contribution in [0.3, 0.4) is 0 Å². The molecule has 0 heterocycles. The van der Waals surface area contributed by atoms with Gasteiger partial charge in [-0.2, -0.15) is 12.6 Å². The number of carbonyl (C=O) groups is 3. The minimum absolute atomic E-state index is 0.117. The van der Waals surface area contributed by atoms with Gasteiger partial charge in [0.1, 0.15) is 12.1 Å². The summed E-state index contributed by atoms with van der Waals surface area (Å²) in [6.45, 7) is 5.11. The average molecular weight is 335 g/mol. The molecule has 0 aliphatic carbocycles. The highest BCUT2D eigenvalue weighted by molar-refractivity contribution is 7.80. The maximum Gasteiger partial charge on any atom is 0.327 e. The second-order valence-corrected chi connectivity index (χ2v) is 5.91. The number of amides is 2. The van der Waals surface area contributed by atoms with Crippen molar-refractivity contribution in [2.24, 2.45) is 11.7 Å². The molecule has 0 bridgehead atoms. The van der Waals surface area contributed by atoms with Gasteiger partial charge in [0.15, 0.2) is 0 Å². The third kappa shape index (κ3) is 7.10. The van der Waals surface area contributed by atoms with Crippen molar-refractivity contribution < 1.29 is 24.6 Å². The number of nitrogens with one attached hydrogen (secondary N) is 2. The number of carboxylic acids is 1. The lowest BCUT2D eigenvalue weighted by Crippen LogP contribution is -2.58. The highest BCUT2D eigenvalue weighted by Crippen LogP contribution is 2.04. The Labute approximate surface area is 135 Å². The summed E-state index contributed by atoms with van der Waals surface area (Å²) < 4.78 is 0. The monoisotopic (exact) mass is 335 g/mol. The molecule has 0 saturated heterocycles. The summed E-state index contributed by atoms with van der Waals surface area (Å²) >= 11 is 3.82. The molecule has 0 spiro atoms. The second-order valence-electron chi connectivity index (χ2n) is 5.54. The van der Waals surface area contributed by atoms with E-state index in [1.165, 1.54) is 6.92 Å². The quantitative estimate of drug-likeness (QED) is 0.290. The minimum Gasteiger partial charge on any atom is -0.480 e. The molecule has 0 rings (SSSR count). The molecule has 4 atom stereocenters. The fraction of sp³-hybridized carbons (Fsp3) is 0.769. The van der Waals surface area contributed by atoms with Crippen molar-refractivity contribution in [3.63, 3.8) is 0 Å². The maximum atomic E-state index is 12.0. The van der Waals surface area contributed by atoms with E-state index in [1.807, 2.05) is 13.8 Å². The summed E-state index contributed by atoms with van der Waals surface area (Å²) in [5, 5.41) is 23.1. The molecule has 22 heavy (non-hydrogen) atoms. The maximum absolute atomic E-state index is 12.0. The molecule has 0 radical (unpaired) electrons. The molecule has 9 heteroatoms. The molecular formula is C13H25N3O5S. The fourth-order valence-corrected chi connectivity index (χ4v) is 1.97. The Morgan fingerprint density at radius 1 is 1.14 bits per heavy atom. The van der Waals surface area contributed by atoms with Crippen molar-refractivity contribution in [1.29, 1.82) is 0 Å². The number of rotatable bonds is 9. The number of hydrogen-bond acceptors (Lipinski definition) is 6. The third-order valence-electron chi connectivity index (χ3n) is 2.92. The number of carbonyl (C=O) groups excluding carboxylic acids is 2. The van der Waals surface area contributed by atoms with Crippen LogP contribution in [0.25, 0.3) is 0 Å². The van der Waals surface area contributed by atoms with Gasteiger partial charge in [-0.15, -0.1) is 0 Å². The molecule has 0 fully saturated rings. The Bertz CT molecular complexity index is 403. The molecule has 0 aliphatic rings. The number of nitrogens with two attached hydrogens (primary N) is 1. The standard InChI is InChI=1S/C13H25N3O5S/c1-6(2)4-8(14)11(18)16-10(7(3)17)12(19)15-9(5-22)13(20)21/h6-10,17,22H,4-5,14H2,1-3H3,(H,15,19)(H,16,18)(H,20,21)/t7-,8+,9-,10+/m1/s1. The molecule has 0 aliphatic heterocycles. The Hall–Kier alpha value is -1.32. The lowest BCUT2D eigenvalue weighted by Gasteiger charge is -2.24. The number of hydrogen-bond donors (Lipinski definition) is 6. The Balaban J connectivity index is 4.82. The van der Waals surface area contributed by atoms with Crippen LogP contribution in [-0.2, 0) is 14.4 Å². The molecule has 2 amide bonds. The van der Waals surface area contributed by atoms with E-state index in [2.05, 4.69) is 23.3 Å². The van der Waals surface area contributed by atoms with Crippen LogP contribution in [0.15, 0.2) is 0 Å². The van der Waals surface area contributed by atoms with Crippen LogP contribution in [0.2, 0.25) is 0 Å². The van der Waals surface area contributed by atoms with Crippen LogP contribution in [0.1, 0.15) is 27.2 Å². The van der Waals surface area contributed by atoms with E-state index in [0.29, 0.717) is 6.42 Å². The minimum atomic E-state index is -1.28. The lowest BCUT2D eigenvalue weighted by molar-refractivity contribution is -0.142. The Morgan fingerprint density at radius 3 is 2.05 bits per heavy atom. The highest BCUT2D eigenvalue weighted by Gasteiger charge is 2.30. The summed E-state index contributed by atoms with van der Waals surface area (Å²) in [5.74, 6) is -2.56. The number of aliphatic hydroxyl groups excluding tert-OH is 1. The largest absolute Gasteiger partial charge is 0.480 e. The first kappa shape index (κ1) is 20.7. The Kier molecular flexibility index (Phi) is 9.07. The van der Waals surface area contributed by atoms with Gasteiger partial charge in [0, 0.05) is 5.75 Å². The third-order valence-corrected chi connectivity index (χ3v) is 3.29. The molecule has 128 valence electrons. The zero-order valence-electron chi connectivity index (χ0n) is 12.9. The summed E-state index contributed by atoms with van der Waals surface area (Å²) in [5.41, 5.74) is 5.71. The summed E-state index contributed by atoms with van der Waals surface area (Å²) in [7, 11) is 0. The van der Waals surface area contributed by atoms with E-state index >= 15 is 0 Å². The molecule has 6 N–H and O–H groups in total. The summed E-state index contributed by atoms with van der Waals surface area (Å²) in [4.78, 5) is 34.8. The predicted octanol–water partition coefficient (Wildman–Crippen LogP) is -1.28. The van der Waals surface area contributed by atoms with E-state index in [1.54, 1.807) is 0 Å². The zero-order valence-corrected chi connectivity index (χ0v) is 13.8. The van der Waals surface area contributed by atoms with Crippen molar-refractivity contribution >= 4 is 30.4 Å². The van der Waals surface area contributed by atoms with Crippen LogP contribution < -0.4 is 16.4 Å². The van der Waals surface area contributed by atoms with Gasteiger partial charge in [0.05, 0.1) is 12.1 Å². The van der Waals surface area contributed by atoms with Crippen molar-refractivity contribution in [3.05, 3.63) is 0 Å². The van der Waals surface area contributed by atoms with Crippen molar-refractivity contribution in [2.75, 3.05) is 5.75 Å². The smallest absolute Gasteiger partial charge is 0.327 e. The second kappa shape index (κ2) is 9.65. The van der Waals surface area contributed by atoms with Crippen molar-refractivity contribution in [1.82, 2.24) is 10.6 Å². The van der Waals surface area contributed by atoms with Crippen LogP contribution in [-0.4, -0.2) is 58.0 Å². The van der Waals surface area contributed by atoms with Crippen LogP contribution in [0.4, 0.5) is 0 Å². The predicted molar refractivity (Wildman–Crippen MR) is 84.5 cm³/mol. The van der Waals surface area contributed by atoms with Gasteiger partial charge in [0.25, 0.3) is 0 Å². The number of thiol groups is 1. The number of aliphatic carboxylic acids is 1. The van der Waals surface area contributed by atoms with Gasteiger partial charge in [-0.3, -0.25) is 9.59 Å². The average Bonchev–Trinajstić information content (AvgIpc) is 2.39. The van der Waals surface area contributed by atoms with E-state index in [4.69, 9.17) is 10.8 Å². The van der Waals surface area contributed by atoms with Gasteiger partial charge in [-0.05, 0) is 19.3 Å². The van der Waals surface area contributed by atoms with E-state index < -0.39 is 42.0 Å². The van der Waals surface area contributed by atoms with Crippen molar-refractivity contribution in [2.45, 2.75) is 51.4 Å². The van der Waals surface area contributed by atoms with Gasteiger partial charge < -0.3 is 26.6 Å². The topological polar surface area (TPSA) is 142 Å². The van der Waals surface area contributed by atoms with Gasteiger partial charge in [0.2, 0.25) is 11.8 Å². The first-order valence-electron chi connectivity index (χ1n) is 6.98. The van der Waals surface area contributed by atoms with Crippen LogP contribution in [0, 0.1) is 5.92 Å². The summed E-state index contributed by atoms with van der Waals surface area (Å²) in [6, 6.07) is -3.31. The Morgan fingerprint density at radius 2 is 1.68 bits per heavy atom. The number of aliphatic hydroxyl groups is 1. The zero-order chi connectivity index (χ0) is 17.4. The van der Waals surface area contributed by atoms with E-state index in [0.717, 1.165) is 0 Å². The van der Waals surface area contributed by atoms with Gasteiger partial charge >= 0.3 is 5.97 Å². The summed E-state index contributed by atoms with van der Waals surface area (Å²) in [6.07, 6.45) is -0.779. The number of carboxylic acid groups (broad SMARTS) is 1. The van der Waals surface area contributed by atoms with Crippen LogP contribution >= 0.6 is 12.6 Å². The molecule has 0 aromatic carbocycles. The first-order chi connectivity index (χ1) is 10.1. The van der Waals surface area contributed by atoms with E-state index in [9.17, 15) is 19.5 Å². The molecule has 0 unspecified atom stereocenters. The van der Waals surface area contributed by atoms with Crippen LogP contribution in [0.5, 0.6) is 0 Å². The van der Waals surface area contributed by atoms with Crippen molar-refractivity contribution in [3.8, 4) is 0 Å². The SMILES string of the molecule is CC(C)C[C@H](N)C(=O)N[C@H](C(=O)N[C@H](CS)C(=O)O)[C@@H](C)O. The molecule has 8 nitrogen and oxygen atoms in total. The molecule has 0 saturated carbocycles. The van der Waals surface area contributed by atoms with E-state index in [-0.39, 0.29) is 11.7 Å². The lowest BCUT2D eigenvalue weighted by atomic mass is 10.0. The highest BCUT2D eigenvalue weighted by atomic mass is 32.1. The fourth-order valence-electron chi connectivity index (χ4n) is 1.73. The molecule has 0 aromatic heterocycles. The normalized spacial score (nSPS) is 16.5. The van der Waals surface area contributed by atoms with Gasteiger partial charge in [-0.1, -0.05) is 13.8 Å². The molecular weight excluding hydrogens is 310 g/mol. The van der Waals surface area contributed by atoms with Gasteiger partial charge in [-0.25, -0.2) is 4.79 Å². The molecule has 0 aromatic rings. The first-order valence-corrected chi connectivity index (χ1v) is 7.61.